The molecule has 5 heteroatoms. The molecule has 0 saturated heterocycles. The van der Waals surface area contributed by atoms with E-state index in [0.717, 1.165) is 12.0 Å². The molecule has 5 nitrogen and oxygen atoms in total. The van der Waals surface area contributed by atoms with Crippen LogP contribution in [0.2, 0.25) is 0 Å². The number of nitrogens with zero attached hydrogens (tertiary/aromatic N) is 1. The molecule has 0 aliphatic heterocycles. The number of nitrogens with one attached hydrogen (secondary N) is 1. The third-order valence-corrected chi connectivity index (χ3v) is 3.02. The minimum Gasteiger partial charge on any atom is -0.480 e. The summed E-state index contributed by atoms with van der Waals surface area (Å²) < 4.78 is 5.27. The molecule has 0 saturated carbocycles. The van der Waals surface area contributed by atoms with Gasteiger partial charge in [0, 0.05) is 18.2 Å². The summed E-state index contributed by atoms with van der Waals surface area (Å²) in [6, 6.07) is 11.0. The Morgan fingerprint density at radius 3 is 2.80 bits per heavy atom. The van der Waals surface area contributed by atoms with Crippen molar-refractivity contribution in [1.82, 2.24) is 10.5 Å². The van der Waals surface area contributed by atoms with Crippen LogP contribution in [0.3, 0.4) is 0 Å². The lowest BCUT2D eigenvalue weighted by molar-refractivity contribution is -0.139. The van der Waals surface area contributed by atoms with E-state index >= 15 is 0 Å². The lowest BCUT2D eigenvalue weighted by Gasteiger charge is -2.11. The Labute approximate surface area is 117 Å². The van der Waals surface area contributed by atoms with Gasteiger partial charge in [0.2, 0.25) is 0 Å². The number of carboxylic acid groups (broad SMARTS) is 1. The Morgan fingerprint density at radius 2 is 2.15 bits per heavy atom. The first-order chi connectivity index (χ1) is 9.70. The highest BCUT2D eigenvalue weighted by Crippen LogP contribution is 2.19. The molecule has 0 aliphatic rings. The summed E-state index contributed by atoms with van der Waals surface area (Å²) in [6.45, 7) is 2.34. The summed E-state index contributed by atoms with van der Waals surface area (Å²) in [4.78, 5) is 11.0. The number of aromatic nitrogens is 1. The molecular weight excluding hydrogens is 256 g/mol. The predicted octanol–water partition coefficient (Wildman–Crippen LogP) is 2.68. The first-order valence-electron chi connectivity index (χ1n) is 6.68. The second-order valence-electron chi connectivity index (χ2n) is 4.61. The third kappa shape index (κ3) is 3.68. The molecule has 106 valence electrons. The van der Waals surface area contributed by atoms with Gasteiger partial charge in [0.05, 0.1) is 5.69 Å². The topological polar surface area (TPSA) is 75.4 Å². The molecule has 2 rings (SSSR count). The van der Waals surface area contributed by atoms with Crippen LogP contribution < -0.4 is 5.32 Å². The highest BCUT2D eigenvalue weighted by Gasteiger charge is 2.16. The Hall–Kier alpha value is -2.14. The lowest BCUT2D eigenvalue weighted by Crippen LogP contribution is -2.36. The Kier molecular flexibility index (Phi) is 4.90. The number of hydrogen-bond acceptors (Lipinski definition) is 4. The van der Waals surface area contributed by atoms with E-state index in [0.29, 0.717) is 24.4 Å². The molecule has 0 aliphatic carbocycles. The first-order valence-corrected chi connectivity index (χ1v) is 6.68. The summed E-state index contributed by atoms with van der Waals surface area (Å²) in [7, 11) is 0. The molecule has 2 aromatic rings. The molecule has 20 heavy (non-hydrogen) atoms. The van der Waals surface area contributed by atoms with Crippen LogP contribution in [-0.4, -0.2) is 22.3 Å². The Bertz CT molecular complexity index is 551. The number of carbonyl (C=O) groups is 1. The highest BCUT2D eigenvalue weighted by atomic mass is 16.5. The van der Waals surface area contributed by atoms with Gasteiger partial charge < -0.3 is 9.63 Å². The molecule has 1 aromatic heterocycles. The Morgan fingerprint density at radius 1 is 1.40 bits per heavy atom. The maximum atomic E-state index is 11.0. The Balaban J connectivity index is 1.98. The van der Waals surface area contributed by atoms with Crippen molar-refractivity contribution < 1.29 is 14.4 Å². The molecule has 0 bridgehead atoms. The molecule has 0 spiro atoms. The maximum absolute atomic E-state index is 11.0. The summed E-state index contributed by atoms with van der Waals surface area (Å²) in [5.41, 5.74) is 1.65. The zero-order valence-corrected chi connectivity index (χ0v) is 11.4. The maximum Gasteiger partial charge on any atom is 0.320 e. The van der Waals surface area contributed by atoms with E-state index in [2.05, 4.69) is 10.5 Å². The van der Waals surface area contributed by atoms with Gasteiger partial charge in [0.1, 0.15) is 6.04 Å². The average molecular weight is 274 g/mol. The smallest absolute Gasteiger partial charge is 0.320 e. The van der Waals surface area contributed by atoms with Crippen LogP contribution in [0.4, 0.5) is 0 Å². The molecular formula is C15H18N2O3. The van der Waals surface area contributed by atoms with E-state index in [1.165, 1.54) is 0 Å². The largest absolute Gasteiger partial charge is 0.480 e. The van der Waals surface area contributed by atoms with Crippen LogP contribution in [0.5, 0.6) is 0 Å². The minimum absolute atomic E-state index is 0.382. The lowest BCUT2D eigenvalue weighted by atomic mass is 10.1. The quantitative estimate of drug-likeness (QED) is 0.812. The van der Waals surface area contributed by atoms with E-state index < -0.39 is 12.0 Å². The molecule has 1 atom stereocenters. The van der Waals surface area contributed by atoms with E-state index in [9.17, 15) is 4.79 Å². The molecule has 0 amide bonds. The second kappa shape index (κ2) is 6.86. The van der Waals surface area contributed by atoms with Gasteiger partial charge in [0.15, 0.2) is 5.76 Å². The number of hydrogen-bond donors (Lipinski definition) is 2. The third-order valence-electron chi connectivity index (χ3n) is 3.02. The molecule has 1 aromatic carbocycles. The van der Waals surface area contributed by atoms with Gasteiger partial charge in [-0.05, 0) is 6.42 Å². The van der Waals surface area contributed by atoms with Crippen molar-refractivity contribution in [2.75, 3.05) is 0 Å². The van der Waals surface area contributed by atoms with E-state index in [4.69, 9.17) is 9.63 Å². The first kappa shape index (κ1) is 14.3. The van der Waals surface area contributed by atoms with Crippen LogP contribution in [0.1, 0.15) is 25.5 Å². The highest BCUT2D eigenvalue weighted by molar-refractivity contribution is 5.73. The van der Waals surface area contributed by atoms with Crippen LogP contribution >= 0.6 is 0 Å². The van der Waals surface area contributed by atoms with E-state index in [-0.39, 0.29) is 0 Å². The number of rotatable bonds is 7. The van der Waals surface area contributed by atoms with Crippen molar-refractivity contribution in [3.05, 3.63) is 42.1 Å². The summed E-state index contributed by atoms with van der Waals surface area (Å²) in [5.74, 6) is -0.150. The van der Waals surface area contributed by atoms with Crippen molar-refractivity contribution in [3.63, 3.8) is 0 Å². The van der Waals surface area contributed by atoms with Crippen molar-refractivity contribution in [2.24, 2.45) is 0 Å². The fraction of sp³-hybridized carbons (Fsp3) is 0.333. The predicted molar refractivity (Wildman–Crippen MR) is 75.1 cm³/mol. The van der Waals surface area contributed by atoms with Gasteiger partial charge >= 0.3 is 5.97 Å². The normalized spacial score (nSPS) is 12.2. The molecule has 2 N–H and O–H groups in total. The molecule has 1 heterocycles. The van der Waals surface area contributed by atoms with Gasteiger partial charge in [-0.2, -0.15) is 0 Å². The molecule has 0 fully saturated rings. The zero-order chi connectivity index (χ0) is 14.4. The molecule has 0 radical (unpaired) electrons. The van der Waals surface area contributed by atoms with Gasteiger partial charge in [-0.25, -0.2) is 0 Å². The van der Waals surface area contributed by atoms with Crippen molar-refractivity contribution >= 4 is 5.97 Å². The average Bonchev–Trinajstić information content (AvgIpc) is 2.93. The van der Waals surface area contributed by atoms with Crippen LogP contribution in [-0.2, 0) is 11.3 Å². The fourth-order valence-corrected chi connectivity index (χ4v) is 1.96. The number of aliphatic carboxylic acids is 1. The monoisotopic (exact) mass is 274 g/mol. The van der Waals surface area contributed by atoms with Crippen LogP contribution in [0.15, 0.2) is 40.9 Å². The SMILES string of the molecule is CCCC(NCc1cc(-c2ccccc2)on1)C(=O)O. The van der Waals surface area contributed by atoms with E-state index in [1.807, 2.05) is 43.3 Å². The van der Waals surface area contributed by atoms with Crippen molar-refractivity contribution in [3.8, 4) is 11.3 Å². The van der Waals surface area contributed by atoms with E-state index in [1.54, 1.807) is 0 Å². The van der Waals surface area contributed by atoms with Crippen molar-refractivity contribution in [2.45, 2.75) is 32.4 Å². The summed E-state index contributed by atoms with van der Waals surface area (Å²) >= 11 is 0. The fourth-order valence-electron chi connectivity index (χ4n) is 1.96. The van der Waals surface area contributed by atoms with Crippen LogP contribution in [0, 0.1) is 0 Å². The second-order valence-corrected chi connectivity index (χ2v) is 4.61. The zero-order valence-electron chi connectivity index (χ0n) is 11.4. The number of carboxylic acids is 1. The van der Waals surface area contributed by atoms with Crippen molar-refractivity contribution in [1.29, 1.82) is 0 Å². The van der Waals surface area contributed by atoms with Gasteiger partial charge in [0.25, 0.3) is 0 Å². The molecule has 1 unspecified atom stereocenters. The standard InChI is InChI=1S/C15H18N2O3/c1-2-6-13(15(18)19)16-10-12-9-14(20-17-12)11-7-4-3-5-8-11/h3-5,7-9,13,16H,2,6,10H2,1H3,(H,18,19). The summed E-state index contributed by atoms with van der Waals surface area (Å²) in [6.07, 6.45) is 1.41. The van der Waals surface area contributed by atoms with Gasteiger partial charge in [-0.3, -0.25) is 10.1 Å². The summed E-state index contributed by atoms with van der Waals surface area (Å²) in [5, 5.41) is 16.0. The van der Waals surface area contributed by atoms with Gasteiger partial charge in [-0.1, -0.05) is 48.8 Å². The van der Waals surface area contributed by atoms with Gasteiger partial charge in [-0.15, -0.1) is 0 Å². The minimum atomic E-state index is -0.835. The van der Waals surface area contributed by atoms with Crippen LogP contribution in [0.25, 0.3) is 11.3 Å². The number of benzene rings is 1.